The fourth-order valence-electron chi connectivity index (χ4n) is 4.34. The van der Waals surface area contributed by atoms with Crippen LogP contribution < -0.4 is 5.32 Å². The summed E-state index contributed by atoms with van der Waals surface area (Å²) in [4.78, 5) is 27.5. The molecule has 36 heavy (non-hydrogen) atoms. The lowest BCUT2D eigenvalue weighted by Crippen LogP contribution is -2.29. The predicted octanol–water partition coefficient (Wildman–Crippen LogP) is 5.89. The number of halogens is 1. The first-order valence-corrected chi connectivity index (χ1v) is 13.3. The smallest absolute Gasteiger partial charge is 0.266 e. The van der Waals surface area contributed by atoms with E-state index in [4.69, 9.17) is 28.4 Å². The molecule has 1 aliphatic carbocycles. The maximum absolute atomic E-state index is 12.8. The van der Waals surface area contributed by atoms with Gasteiger partial charge in [-0.05, 0) is 83.4 Å². The van der Waals surface area contributed by atoms with Crippen LogP contribution in [-0.4, -0.2) is 37.9 Å². The first-order chi connectivity index (χ1) is 17.5. The summed E-state index contributed by atoms with van der Waals surface area (Å²) >= 11 is 12.6. The maximum Gasteiger partial charge on any atom is 0.266 e. The van der Waals surface area contributed by atoms with Crippen molar-refractivity contribution in [2.75, 3.05) is 11.9 Å². The molecule has 0 bridgehead atoms. The molecule has 1 saturated heterocycles. The van der Waals surface area contributed by atoms with Crippen LogP contribution >= 0.6 is 35.6 Å². The predicted molar refractivity (Wildman–Crippen MR) is 146 cm³/mol. The fourth-order valence-corrected chi connectivity index (χ4v) is 5.77. The van der Waals surface area contributed by atoms with Gasteiger partial charge in [-0.2, -0.15) is 0 Å². The van der Waals surface area contributed by atoms with Gasteiger partial charge in [0.05, 0.1) is 4.91 Å². The van der Waals surface area contributed by atoms with Gasteiger partial charge in [-0.3, -0.25) is 14.5 Å². The van der Waals surface area contributed by atoms with Gasteiger partial charge in [0.2, 0.25) is 11.7 Å². The molecule has 0 spiro atoms. The van der Waals surface area contributed by atoms with E-state index in [-0.39, 0.29) is 18.2 Å². The number of benzene rings is 2. The molecule has 2 aromatic carbocycles. The van der Waals surface area contributed by atoms with Crippen molar-refractivity contribution in [3.05, 3.63) is 69.1 Å². The zero-order chi connectivity index (χ0) is 25.1. The highest BCUT2D eigenvalue weighted by Crippen LogP contribution is 2.33. The van der Waals surface area contributed by atoms with Gasteiger partial charge in [-0.1, -0.05) is 59.8 Å². The molecule has 10 heteroatoms. The van der Waals surface area contributed by atoms with E-state index in [1.807, 2.05) is 18.2 Å². The standard InChI is InChI=1S/C26H23ClN4O3S2/c27-20-11-7-16(8-12-20)14-21-25(33)31(26(35)36-21)13-3-6-22(32)28-24-23(29-34-30-24)19-10-9-17-4-1-2-5-18(17)15-19/h7-12,14-15H,1-6,13H2,(H,28,30,32)/b21-14-. The van der Waals surface area contributed by atoms with E-state index in [1.54, 1.807) is 18.2 Å². The molecule has 3 aromatic rings. The summed E-state index contributed by atoms with van der Waals surface area (Å²) in [7, 11) is 0. The third-order valence-corrected chi connectivity index (χ3v) is 7.82. The number of amides is 2. The molecule has 0 radical (unpaired) electrons. The van der Waals surface area contributed by atoms with Crippen LogP contribution in [0.25, 0.3) is 17.3 Å². The second-order valence-electron chi connectivity index (χ2n) is 8.69. The SMILES string of the molecule is O=C(CCCN1C(=O)/C(=C/c2ccc(Cl)cc2)SC1=S)Nc1nonc1-c1ccc2c(c1)CCCC2. The van der Waals surface area contributed by atoms with E-state index in [0.29, 0.717) is 38.7 Å². The van der Waals surface area contributed by atoms with Crippen molar-refractivity contribution in [1.82, 2.24) is 15.2 Å². The highest BCUT2D eigenvalue weighted by Gasteiger charge is 2.31. The van der Waals surface area contributed by atoms with Crippen LogP contribution in [0.3, 0.4) is 0 Å². The van der Waals surface area contributed by atoms with E-state index in [0.717, 1.165) is 24.0 Å². The molecule has 184 valence electrons. The Labute approximate surface area is 223 Å². The van der Waals surface area contributed by atoms with Gasteiger partial charge in [0.25, 0.3) is 5.91 Å². The van der Waals surface area contributed by atoms with Crippen LogP contribution in [-0.2, 0) is 22.4 Å². The Morgan fingerprint density at radius 1 is 1.14 bits per heavy atom. The number of hydrogen-bond donors (Lipinski definition) is 1. The lowest BCUT2D eigenvalue weighted by atomic mass is 9.90. The molecule has 0 saturated carbocycles. The minimum absolute atomic E-state index is 0.157. The molecule has 0 atom stereocenters. The second-order valence-corrected chi connectivity index (χ2v) is 10.8. The molecule has 1 aromatic heterocycles. The largest absolute Gasteiger partial charge is 0.306 e. The van der Waals surface area contributed by atoms with Crippen molar-refractivity contribution >= 4 is 63.6 Å². The summed E-state index contributed by atoms with van der Waals surface area (Å²) in [5.41, 5.74) is 4.94. The van der Waals surface area contributed by atoms with Gasteiger partial charge < -0.3 is 5.32 Å². The average Bonchev–Trinajstić information content (AvgIpc) is 3.44. The topological polar surface area (TPSA) is 88.3 Å². The van der Waals surface area contributed by atoms with E-state index < -0.39 is 0 Å². The summed E-state index contributed by atoms with van der Waals surface area (Å²) in [5, 5.41) is 11.3. The van der Waals surface area contributed by atoms with E-state index in [2.05, 4.69) is 27.8 Å². The molecular weight excluding hydrogens is 516 g/mol. The minimum atomic E-state index is -0.230. The Morgan fingerprint density at radius 2 is 1.92 bits per heavy atom. The fraction of sp³-hybridized carbons (Fsp3) is 0.269. The number of carbonyl (C=O) groups is 2. The molecule has 7 nitrogen and oxygen atoms in total. The van der Waals surface area contributed by atoms with E-state index in [9.17, 15) is 9.59 Å². The Morgan fingerprint density at radius 3 is 2.72 bits per heavy atom. The second kappa shape index (κ2) is 10.9. The summed E-state index contributed by atoms with van der Waals surface area (Å²) < 4.78 is 5.41. The van der Waals surface area contributed by atoms with Crippen LogP contribution in [0.15, 0.2) is 52.0 Å². The van der Waals surface area contributed by atoms with Gasteiger partial charge in [0.1, 0.15) is 4.32 Å². The van der Waals surface area contributed by atoms with Gasteiger partial charge >= 0.3 is 0 Å². The number of thiocarbonyl (C=S) groups is 1. The van der Waals surface area contributed by atoms with E-state index in [1.165, 1.54) is 40.6 Å². The Balaban J connectivity index is 1.16. The minimum Gasteiger partial charge on any atom is -0.306 e. The molecule has 2 heterocycles. The number of nitrogens with one attached hydrogen (secondary N) is 1. The van der Waals surface area contributed by atoms with Gasteiger partial charge in [0, 0.05) is 23.6 Å². The lowest BCUT2D eigenvalue weighted by molar-refractivity contribution is -0.122. The average molecular weight is 539 g/mol. The van der Waals surface area contributed by atoms with Crippen LogP contribution in [0.1, 0.15) is 42.4 Å². The molecule has 2 amide bonds. The Hall–Kier alpha value is -3.01. The van der Waals surface area contributed by atoms with Crippen molar-refractivity contribution in [2.24, 2.45) is 0 Å². The zero-order valence-electron chi connectivity index (χ0n) is 19.3. The van der Waals surface area contributed by atoms with Crippen molar-refractivity contribution in [3.63, 3.8) is 0 Å². The monoisotopic (exact) mass is 538 g/mol. The number of aryl methyl sites for hydroxylation is 2. The Kier molecular flexibility index (Phi) is 7.50. The van der Waals surface area contributed by atoms with Crippen molar-refractivity contribution in [1.29, 1.82) is 0 Å². The number of anilines is 1. The maximum atomic E-state index is 12.8. The number of hydrogen-bond acceptors (Lipinski definition) is 7. The molecule has 0 unspecified atom stereocenters. The van der Waals surface area contributed by atoms with Crippen LogP contribution in [0.5, 0.6) is 0 Å². The van der Waals surface area contributed by atoms with Crippen molar-refractivity contribution in [3.8, 4) is 11.3 Å². The van der Waals surface area contributed by atoms with Crippen LogP contribution in [0.4, 0.5) is 5.82 Å². The highest BCUT2D eigenvalue weighted by molar-refractivity contribution is 8.26. The van der Waals surface area contributed by atoms with Crippen LogP contribution in [0.2, 0.25) is 5.02 Å². The van der Waals surface area contributed by atoms with Crippen LogP contribution in [0, 0.1) is 0 Å². The number of fused-ring (bicyclic) bond motifs is 1. The third-order valence-electron chi connectivity index (χ3n) is 6.20. The van der Waals surface area contributed by atoms with E-state index >= 15 is 0 Å². The number of carbonyl (C=O) groups excluding carboxylic acids is 2. The zero-order valence-corrected chi connectivity index (χ0v) is 21.7. The Bertz CT molecular complexity index is 1350. The number of thioether (sulfide) groups is 1. The highest BCUT2D eigenvalue weighted by atomic mass is 35.5. The molecular formula is C26H23ClN4O3S2. The summed E-state index contributed by atoms with van der Waals surface area (Å²) in [6.45, 7) is 0.352. The van der Waals surface area contributed by atoms with Gasteiger partial charge in [-0.15, -0.1) is 0 Å². The van der Waals surface area contributed by atoms with Gasteiger partial charge in [0.15, 0.2) is 5.69 Å². The number of aromatic nitrogens is 2. The van der Waals surface area contributed by atoms with Gasteiger partial charge in [-0.25, -0.2) is 4.63 Å². The van der Waals surface area contributed by atoms with Crippen molar-refractivity contribution < 1.29 is 14.2 Å². The normalized spacial score (nSPS) is 16.5. The number of nitrogens with zero attached hydrogens (tertiary/aromatic N) is 3. The first kappa shape index (κ1) is 24.7. The van der Waals surface area contributed by atoms with Crippen molar-refractivity contribution in [2.45, 2.75) is 38.5 Å². The lowest BCUT2D eigenvalue weighted by Gasteiger charge is -2.16. The molecule has 1 fully saturated rings. The summed E-state index contributed by atoms with van der Waals surface area (Å²) in [6, 6.07) is 13.4. The molecule has 1 N–H and O–H groups in total. The molecule has 1 aliphatic heterocycles. The molecule has 5 rings (SSSR count). The summed E-state index contributed by atoms with van der Waals surface area (Å²) in [5.74, 6) is -0.0879. The quantitative estimate of drug-likeness (QED) is 0.296. The third kappa shape index (κ3) is 5.53. The number of rotatable bonds is 7. The first-order valence-electron chi connectivity index (χ1n) is 11.7. The molecule has 2 aliphatic rings. The summed E-state index contributed by atoms with van der Waals surface area (Å²) in [6.07, 6.45) is 6.97.